The number of nitrogen functional groups attached to an aromatic ring is 1. The maximum absolute atomic E-state index is 12.2. The van der Waals surface area contributed by atoms with Crippen molar-refractivity contribution < 1.29 is 4.79 Å². The highest BCUT2D eigenvalue weighted by Gasteiger charge is 2.11. The van der Waals surface area contributed by atoms with E-state index in [4.69, 9.17) is 5.73 Å². The van der Waals surface area contributed by atoms with Crippen molar-refractivity contribution in [3.8, 4) is 11.8 Å². The molecule has 0 radical (unpaired) electrons. The maximum atomic E-state index is 12.2. The number of nitrogens with one attached hydrogen (secondary N) is 1. The molecule has 0 aromatic heterocycles. The van der Waals surface area contributed by atoms with Gasteiger partial charge in [-0.1, -0.05) is 11.8 Å². The van der Waals surface area contributed by atoms with Crippen LogP contribution in [-0.2, 0) is 0 Å². The van der Waals surface area contributed by atoms with E-state index in [1.54, 1.807) is 0 Å². The van der Waals surface area contributed by atoms with Crippen molar-refractivity contribution in [2.75, 3.05) is 31.9 Å². The summed E-state index contributed by atoms with van der Waals surface area (Å²) in [6.07, 6.45) is 2.54. The Labute approximate surface area is 149 Å². The van der Waals surface area contributed by atoms with Gasteiger partial charge in [0.15, 0.2) is 0 Å². The lowest BCUT2D eigenvalue weighted by Gasteiger charge is -2.14. The largest absolute Gasteiger partial charge is 0.399 e. The minimum Gasteiger partial charge on any atom is -0.399 e. The Morgan fingerprint density at radius 1 is 0.960 bits per heavy atom. The molecule has 128 valence electrons. The first-order valence-electron chi connectivity index (χ1n) is 8.69. The van der Waals surface area contributed by atoms with Crippen LogP contribution in [-0.4, -0.2) is 37.0 Å². The molecule has 0 aliphatic carbocycles. The van der Waals surface area contributed by atoms with Gasteiger partial charge in [-0.3, -0.25) is 4.79 Å². The van der Waals surface area contributed by atoms with E-state index >= 15 is 0 Å². The molecule has 0 atom stereocenters. The van der Waals surface area contributed by atoms with E-state index in [1.165, 1.54) is 12.8 Å². The predicted molar refractivity (Wildman–Crippen MR) is 101 cm³/mol. The van der Waals surface area contributed by atoms with Crippen molar-refractivity contribution >= 4 is 11.6 Å². The average molecular weight is 333 g/mol. The first-order chi connectivity index (χ1) is 12.2. The third kappa shape index (κ3) is 5.10. The highest BCUT2D eigenvalue weighted by atomic mass is 16.1. The third-order valence-corrected chi connectivity index (χ3v) is 4.32. The summed E-state index contributed by atoms with van der Waals surface area (Å²) in [4.78, 5) is 14.5. The van der Waals surface area contributed by atoms with Crippen molar-refractivity contribution in [3.63, 3.8) is 0 Å². The van der Waals surface area contributed by atoms with Gasteiger partial charge in [-0.25, -0.2) is 0 Å². The van der Waals surface area contributed by atoms with Crippen molar-refractivity contribution in [1.82, 2.24) is 10.2 Å². The van der Waals surface area contributed by atoms with E-state index in [-0.39, 0.29) is 5.91 Å². The van der Waals surface area contributed by atoms with E-state index in [1.807, 2.05) is 48.5 Å². The van der Waals surface area contributed by atoms with Gasteiger partial charge in [0.05, 0.1) is 0 Å². The van der Waals surface area contributed by atoms with Crippen molar-refractivity contribution in [1.29, 1.82) is 0 Å². The molecule has 1 heterocycles. The van der Waals surface area contributed by atoms with Gasteiger partial charge in [0.2, 0.25) is 0 Å². The second-order valence-corrected chi connectivity index (χ2v) is 6.25. The number of amides is 1. The molecule has 1 aliphatic heterocycles. The topological polar surface area (TPSA) is 58.4 Å². The standard InChI is InChI=1S/C21H23N3O/c22-20-11-7-18(8-12-20)4-3-17-5-9-19(10-6-17)21(25)23-13-16-24-14-1-2-15-24/h5-12H,1-2,13-16,22H2,(H,23,25). The number of nitrogens with zero attached hydrogens (tertiary/aromatic N) is 1. The molecule has 1 saturated heterocycles. The highest BCUT2D eigenvalue weighted by molar-refractivity contribution is 5.94. The number of hydrogen-bond donors (Lipinski definition) is 2. The average Bonchev–Trinajstić information content (AvgIpc) is 3.15. The van der Waals surface area contributed by atoms with Gasteiger partial charge in [0, 0.05) is 35.5 Å². The molecule has 25 heavy (non-hydrogen) atoms. The summed E-state index contributed by atoms with van der Waals surface area (Å²) in [7, 11) is 0. The lowest BCUT2D eigenvalue weighted by atomic mass is 10.1. The molecule has 3 N–H and O–H groups in total. The molecule has 0 saturated carbocycles. The Balaban J connectivity index is 1.52. The fraction of sp³-hybridized carbons (Fsp3) is 0.286. The molecular weight excluding hydrogens is 310 g/mol. The summed E-state index contributed by atoms with van der Waals surface area (Å²) in [5.74, 6) is 6.16. The summed E-state index contributed by atoms with van der Waals surface area (Å²) in [5.41, 5.74) is 8.85. The lowest BCUT2D eigenvalue weighted by molar-refractivity contribution is 0.0950. The van der Waals surface area contributed by atoms with Gasteiger partial charge in [0.25, 0.3) is 5.91 Å². The van der Waals surface area contributed by atoms with Crippen LogP contribution in [0, 0.1) is 11.8 Å². The van der Waals surface area contributed by atoms with Crippen molar-refractivity contribution in [2.45, 2.75) is 12.8 Å². The number of carbonyl (C=O) groups excluding carboxylic acids is 1. The quantitative estimate of drug-likeness (QED) is 0.668. The Morgan fingerprint density at radius 3 is 2.12 bits per heavy atom. The molecule has 1 amide bonds. The van der Waals surface area contributed by atoms with Gasteiger partial charge >= 0.3 is 0 Å². The van der Waals surface area contributed by atoms with Crippen LogP contribution in [0.25, 0.3) is 0 Å². The maximum Gasteiger partial charge on any atom is 0.251 e. The SMILES string of the molecule is Nc1ccc(C#Cc2ccc(C(=O)NCCN3CCCC3)cc2)cc1. The molecule has 2 aromatic rings. The van der Waals surface area contributed by atoms with Gasteiger partial charge in [-0.15, -0.1) is 0 Å². The van der Waals surface area contributed by atoms with E-state index in [0.29, 0.717) is 12.1 Å². The minimum absolute atomic E-state index is 0.0303. The van der Waals surface area contributed by atoms with Crippen LogP contribution in [0.15, 0.2) is 48.5 Å². The predicted octanol–water partition coefficient (Wildman–Crippen LogP) is 2.49. The molecule has 3 rings (SSSR count). The van der Waals surface area contributed by atoms with Crippen LogP contribution in [0.3, 0.4) is 0 Å². The normalized spacial score (nSPS) is 13.9. The summed E-state index contributed by atoms with van der Waals surface area (Å²) in [6.45, 7) is 3.92. The van der Waals surface area contributed by atoms with Crippen LogP contribution in [0.2, 0.25) is 0 Å². The Kier molecular flexibility index (Phi) is 5.71. The molecule has 2 aromatic carbocycles. The molecule has 0 unspecified atom stereocenters. The Hall–Kier alpha value is -2.77. The van der Waals surface area contributed by atoms with Gasteiger partial charge in [-0.2, -0.15) is 0 Å². The number of hydrogen-bond acceptors (Lipinski definition) is 3. The number of benzene rings is 2. The Bertz CT molecular complexity index is 764. The van der Waals surface area contributed by atoms with Crippen LogP contribution >= 0.6 is 0 Å². The van der Waals surface area contributed by atoms with E-state index < -0.39 is 0 Å². The van der Waals surface area contributed by atoms with Crippen molar-refractivity contribution in [3.05, 3.63) is 65.2 Å². The van der Waals surface area contributed by atoms with Gasteiger partial charge in [0.1, 0.15) is 0 Å². The number of carbonyl (C=O) groups is 1. The lowest BCUT2D eigenvalue weighted by Crippen LogP contribution is -2.33. The first-order valence-corrected chi connectivity index (χ1v) is 8.69. The zero-order valence-electron chi connectivity index (χ0n) is 14.3. The number of anilines is 1. The summed E-state index contributed by atoms with van der Waals surface area (Å²) in [5, 5.41) is 2.98. The van der Waals surface area contributed by atoms with E-state index in [2.05, 4.69) is 22.1 Å². The molecule has 4 heteroatoms. The molecule has 0 spiro atoms. The molecule has 4 nitrogen and oxygen atoms in total. The number of rotatable bonds is 4. The van der Waals surface area contributed by atoms with Crippen LogP contribution < -0.4 is 11.1 Å². The van der Waals surface area contributed by atoms with Crippen molar-refractivity contribution in [2.24, 2.45) is 0 Å². The van der Waals surface area contributed by atoms with E-state index in [0.717, 1.165) is 36.4 Å². The fourth-order valence-corrected chi connectivity index (χ4v) is 2.85. The van der Waals surface area contributed by atoms with E-state index in [9.17, 15) is 4.79 Å². The number of likely N-dealkylation sites (tertiary alicyclic amines) is 1. The van der Waals surface area contributed by atoms with Crippen LogP contribution in [0.4, 0.5) is 5.69 Å². The molecule has 1 fully saturated rings. The fourth-order valence-electron chi connectivity index (χ4n) is 2.85. The summed E-state index contributed by atoms with van der Waals surface area (Å²) < 4.78 is 0. The number of nitrogens with two attached hydrogens (primary N) is 1. The minimum atomic E-state index is -0.0303. The van der Waals surface area contributed by atoms with Gasteiger partial charge < -0.3 is 16.0 Å². The molecule has 0 bridgehead atoms. The zero-order chi connectivity index (χ0) is 17.5. The smallest absolute Gasteiger partial charge is 0.251 e. The Morgan fingerprint density at radius 2 is 1.52 bits per heavy atom. The van der Waals surface area contributed by atoms with Gasteiger partial charge in [-0.05, 0) is 74.5 Å². The second-order valence-electron chi connectivity index (χ2n) is 6.25. The second kappa shape index (κ2) is 8.36. The first kappa shape index (κ1) is 17.1. The molecular formula is C21H23N3O. The summed E-state index contributed by atoms with van der Waals surface area (Å²) in [6, 6.07) is 14.8. The zero-order valence-corrected chi connectivity index (χ0v) is 14.3. The monoisotopic (exact) mass is 333 g/mol. The summed E-state index contributed by atoms with van der Waals surface area (Å²) >= 11 is 0. The van der Waals surface area contributed by atoms with Crippen LogP contribution in [0.1, 0.15) is 34.3 Å². The third-order valence-electron chi connectivity index (χ3n) is 4.32. The highest BCUT2D eigenvalue weighted by Crippen LogP contribution is 2.07. The van der Waals surface area contributed by atoms with Crippen LogP contribution in [0.5, 0.6) is 0 Å². The molecule has 1 aliphatic rings.